The van der Waals surface area contributed by atoms with E-state index in [0.29, 0.717) is 22.9 Å². The maximum Gasteiger partial charge on any atom is 0.274 e. The number of rotatable bonds is 4. The van der Waals surface area contributed by atoms with E-state index in [-0.39, 0.29) is 11.6 Å². The Morgan fingerprint density at radius 3 is 2.41 bits per heavy atom. The van der Waals surface area contributed by atoms with Gasteiger partial charge in [-0.05, 0) is 56.2 Å². The van der Waals surface area contributed by atoms with Gasteiger partial charge < -0.3 is 10.6 Å². The Hall–Kier alpha value is -3.72. The molecule has 0 atom stereocenters. The van der Waals surface area contributed by atoms with Gasteiger partial charge in [0.05, 0.1) is 11.6 Å². The van der Waals surface area contributed by atoms with Crippen LogP contribution in [0.1, 0.15) is 32.9 Å². The van der Waals surface area contributed by atoms with Crippen LogP contribution < -0.4 is 10.6 Å². The molecule has 0 fully saturated rings. The van der Waals surface area contributed by atoms with Crippen LogP contribution in [0.3, 0.4) is 0 Å². The Labute approximate surface area is 157 Å². The topological polar surface area (TPSA) is 90.7 Å². The zero-order valence-corrected chi connectivity index (χ0v) is 15.4. The number of para-hydroxylation sites is 1. The number of nitrogens with zero attached hydrogens (tertiary/aromatic N) is 3. The summed E-state index contributed by atoms with van der Waals surface area (Å²) in [7, 11) is 0. The highest BCUT2D eigenvalue weighted by Gasteiger charge is 2.12. The summed E-state index contributed by atoms with van der Waals surface area (Å²) in [6.07, 6.45) is 0. The van der Waals surface area contributed by atoms with Gasteiger partial charge in [0, 0.05) is 17.1 Å². The van der Waals surface area contributed by atoms with E-state index in [1.807, 2.05) is 45.0 Å². The Kier molecular flexibility index (Phi) is 5.13. The number of hydrogen-bond acceptors (Lipinski definition) is 5. The van der Waals surface area contributed by atoms with E-state index in [1.165, 1.54) is 0 Å². The lowest BCUT2D eigenvalue weighted by Crippen LogP contribution is -2.15. The molecule has 1 amide bonds. The van der Waals surface area contributed by atoms with Crippen molar-refractivity contribution in [3.8, 4) is 6.07 Å². The van der Waals surface area contributed by atoms with Crippen molar-refractivity contribution in [2.45, 2.75) is 20.8 Å². The zero-order valence-electron chi connectivity index (χ0n) is 15.4. The van der Waals surface area contributed by atoms with Crippen molar-refractivity contribution in [2.24, 2.45) is 0 Å². The van der Waals surface area contributed by atoms with Gasteiger partial charge in [-0.2, -0.15) is 5.26 Å². The summed E-state index contributed by atoms with van der Waals surface area (Å²) in [5.41, 5.74) is 5.01. The first-order valence-corrected chi connectivity index (χ1v) is 8.46. The first kappa shape index (κ1) is 18.1. The summed E-state index contributed by atoms with van der Waals surface area (Å²) >= 11 is 0. The third-order valence-electron chi connectivity index (χ3n) is 4.05. The molecular weight excluding hydrogens is 338 g/mol. The van der Waals surface area contributed by atoms with E-state index in [1.54, 1.807) is 30.3 Å². The van der Waals surface area contributed by atoms with Crippen LogP contribution in [-0.4, -0.2) is 15.9 Å². The largest absolute Gasteiger partial charge is 0.324 e. The number of benzene rings is 2. The van der Waals surface area contributed by atoms with Gasteiger partial charge in [0.2, 0.25) is 5.95 Å². The average Bonchev–Trinajstić information content (AvgIpc) is 2.64. The van der Waals surface area contributed by atoms with Gasteiger partial charge in [-0.25, -0.2) is 9.97 Å². The number of aromatic nitrogens is 2. The number of carbonyl (C=O) groups is 1. The van der Waals surface area contributed by atoms with Crippen molar-refractivity contribution in [2.75, 3.05) is 10.6 Å². The summed E-state index contributed by atoms with van der Waals surface area (Å²) in [4.78, 5) is 21.3. The minimum absolute atomic E-state index is 0.249. The molecular formula is C21H19N5O. The molecule has 0 aliphatic carbocycles. The lowest BCUT2D eigenvalue weighted by atomic mass is 10.1. The van der Waals surface area contributed by atoms with Crippen LogP contribution in [0.25, 0.3) is 0 Å². The highest BCUT2D eigenvalue weighted by atomic mass is 16.1. The van der Waals surface area contributed by atoms with E-state index in [9.17, 15) is 4.79 Å². The molecule has 0 unspecified atom stereocenters. The monoisotopic (exact) mass is 357 g/mol. The van der Waals surface area contributed by atoms with Crippen molar-refractivity contribution in [1.82, 2.24) is 9.97 Å². The number of anilines is 3. The van der Waals surface area contributed by atoms with E-state index in [4.69, 9.17) is 5.26 Å². The van der Waals surface area contributed by atoms with Gasteiger partial charge in [-0.15, -0.1) is 0 Å². The molecule has 2 aromatic carbocycles. The van der Waals surface area contributed by atoms with Crippen LogP contribution in [0.2, 0.25) is 0 Å². The normalized spacial score (nSPS) is 10.1. The average molecular weight is 357 g/mol. The van der Waals surface area contributed by atoms with Crippen molar-refractivity contribution in [3.05, 3.63) is 76.6 Å². The maximum atomic E-state index is 12.6. The van der Waals surface area contributed by atoms with Crippen LogP contribution in [0, 0.1) is 32.1 Å². The van der Waals surface area contributed by atoms with Crippen LogP contribution in [-0.2, 0) is 0 Å². The summed E-state index contributed by atoms with van der Waals surface area (Å²) in [5, 5.41) is 15.0. The van der Waals surface area contributed by atoms with Gasteiger partial charge in [0.1, 0.15) is 5.69 Å². The molecule has 1 heterocycles. The highest BCUT2D eigenvalue weighted by Crippen LogP contribution is 2.23. The molecule has 0 bridgehead atoms. The lowest BCUT2D eigenvalue weighted by molar-refractivity contribution is 0.102. The fraction of sp³-hybridized carbons (Fsp3) is 0.143. The van der Waals surface area contributed by atoms with E-state index < -0.39 is 0 Å². The fourth-order valence-corrected chi connectivity index (χ4v) is 2.73. The third-order valence-corrected chi connectivity index (χ3v) is 4.05. The summed E-state index contributed by atoms with van der Waals surface area (Å²) in [6.45, 7) is 5.81. The van der Waals surface area contributed by atoms with Gasteiger partial charge in [0.15, 0.2) is 0 Å². The summed E-state index contributed by atoms with van der Waals surface area (Å²) in [5.74, 6) is 0.00321. The zero-order chi connectivity index (χ0) is 19.4. The van der Waals surface area contributed by atoms with E-state index in [0.717, 1.165) is 16.8 Å². The number of nitriles is 1. The molecule has 0 aliphatic rings. The highest BCUT2D eigenvalue weighted by molar-refractivity contribution is 6.03. The second-order valence-electron chi connectivity index (χ2n) is 6.26. The molecule has 0 saturated heterocycles. The predicted molar refractivity (Wildman–Crippen MR) is 105 cm³/mol. The Morgan fingerprint density at radius 2 is 1.70 bits per heavy atom. The molecule has 0 spiro atoms. The second kappa shape index (κ2) is 7.67. The first-order valence-electron chi connectivity index (χ1n) is 8.46. The maximum absolute atomic E-state index is 12.6. The Balaban J connectivity index is 1.86. The van der Waals surface area contributed by atoms with Crippen LogP contribution >= 0.6 is 0 Å². The molecule has 134 valence electrons. The minimum Gasteiger partial charge on any atom is -0.324 e. The van der Waals surface area contributed by atoms with Crippen LogP contribution in [0.4, 0.5) is 17.3 Å². The lowest BCUT2D eigenvalue weighted by Gasteiger charge is -2.13. The van der Waals surface area contributed by atoms with Crippen LogP contribution in [0.15, 0.2) is 48.5 Å². The van der Waals surface area contributed by atoms with Gasteiger partial charge in [0.25, 0.3) is 5.91 Å². The SMILES string of the molecule is Cc1cc(C(=O)Nc2cccc(C#N)c2)nc(Nc2c(C)cccc2C)n1. The fourth-order valence-electron chi connectivity index (χ4n) is 2.73. The van der Waals surface area contributed by atoms with Gasteiger partial charge >= 0.3 is 0 Å². The molecule has 0 saturated carbocycles. The molecule has 2 N–H and O–H groups in total. The smallest absolute Gasteiger partial charge is 0.274 e. The summed E-state index contributed by atoms with van der Waals surface area (Å²) < 4.78 is 0. The van der Waals surface area contributed by atoms with Crippen molar-refractivity contribution >= 4 is 23.2 Å². The molecule has 6 heteroatoms. The third kappa shape index (κ3) is 4.28. The Morgan fingerprint density at radius 1 is 1.00 bits per heavy atom. The predicted octanol–water partition coefficient (Wildman–Crippen LogP) is 4.27. The minimum atomic E-state index is -0.361. The number of aryl methyl sites for hydroxylation is 3. The molecule has 6 nitrogen and oxygen atoms in total. The van der Waals surface area contributed by atoms with E-state index in [2.05, 4.69) is 20.6 Å². The van der Waals surface area contributed by atoms with Crippen molar-refractivity contribution in [1.29, 1.82) is 5.26 Å². The second-order valence-corrected chi connectivity index (χ2v) is 6.26. The standard InChI is InChI=1S/C21H19N5O/c1-13-6-4-7-14(2)19(13)26-21-23-15(3)10-18(25-21)20(27)24-17-9-5-8-16(11-17)12-22/h4-11H,1-3H3,(H,24,27)(H,23,25,26). The molecule has 3 rings (SSSR count). The Bertz CT molecular complexity index is 1030. The molecule has 0 aliphatic heterocycles. The van der Waals surface area contributed by atoms with Crippen molar-refractivity contribution in [3.63, 3.8) is 0 Å². The van der Waals surface area contributed by atoms with Gasteiger partial charge in [-0.3, -0.25) is 4.79 Å². The number of hydrogen-bond donors (Lipinski definition) is 2. The number of carbonyl (C=O) groups excluding carboxylic acids is 1. The van der Waals surface area contributed by atoms with E-state index >= 15 is 0 Å². The molecule has 1 aromatic heterocycles. The summed E-state index contributed by atoms with van der Waals surface area (Å²) in [6, 6.07) is 16.4. The number of nitrogens with one attached hydrogen (secondary N) is 2. The quantitative estimate of drug-likeness (QED) is 0.728. The van der Waals surface area contributed by atoms with Gasteiger partial charge in [-0.1, -0.05) is 24.3 Å². The first-order chi connectivity index (χ1) is 13.0. The van der Waals surface area contributed by atoms with Crippen LogP contribution in [0.5, 0.6) is 0 Å². The van der Waals surface area contributed by atoms with Crippen molar-refractivity contribution < 1.29 is 4.79 Å². The molecule has 27 heavy (non-hydrogen) atoms. The molecule has 0 radical (unpaired) electrons. The number of amides is 1. The molecule has 3 aromatic rings.